The third-order valence-corrected chi connectivity index (χ3v) is 3.21. The fourth-order valence-electron chi connectivity index (χ4n) is 2.00. The van der Waals surface area contributed by atoms with Crippen molar-refractivity contribution in [2.45, 2.75) is 13.0 Å². The van der Waals surface area contributed by atoms with Gasteiger partial charge in [0.05, 0.1) is 5.69 Å². The summed E-state index contributed by atoms with van der Waals surface area (Å²) >= 11 is 0. The molecule has 1 N–H and O–H groups in total. The van der Waals surface area contributed by atoms with Crippen LogP contribution >= 0.6 is 0 Å². The van der Waals surface area contributed by atoms with Gasteiger partial charge >= 0.3 is 0 Å². The predicted octanol–water partition coefficient (Wildman–Crippen LogP) is 2.95. The van der Waals surface area contributed by atoms with Crippen LogP contribution in [-0.4, -0.2) is 23.8 Å². The second-order valence-corrected chi connectivity index (χ2v) is 5.08. The van der Waals surface area contributed by atoms with Crippen LogP contribution in [0.25, 0.3) is 0 Å². The van der Waals surface area contributed by atoms with Crippen molar-refractivity contribution in [1.29, 1.82) is 0 Å². The zero-order valence-corrected chi connectivity index (χ0v) is 12.6. The number of amides is 2. The fraction of sp³-hybridized carbons (Fsp3) is 0.176. The molecule has 23 heavy (non-hydrogen) atoms. The standard InChI is InChI=1S/C17H16F2N2O2/c1-21(11-12-5-3-2-4-6-12)17(23)10-16(22)20-15-8-7-13(18)9-14(15)19/h2-9H,10-11H2,1H3,(H,20,22). The van der Waals surface area contributed by atoms with Crippen LogP contribution < -0.4 is 5.32 Å². The lowest BCUT2D eigenvalue weighted by Crippen LogP contribution is -2.30. The van der Waals surface area contributed by atoms with Crippen LogP contribution in [0.2, 0.25) is 0 Å². The molecule has 0 aliphatic carbocycles. The molecule has 0 radical (unpaired) electrons. The van der Waals surface area contributed by atoms with Crippen LogP contribution in [0.15, 0.2) is 48.5 Å². The highest BCUT2D eigenvalue weighted by molar-refractivity contribution is 6.03. The molecule has 0 aliphatic rings. The number of carbonyl (C=O) groups excluding carboxylic acids is 2. The Morgan fingerprint density at radius 1 is 1.09 bits per heavy atom. The van der Waals surface area contributed by atoms with Gasteiger partial charge in [-0.05, 0) is 17.7 Å². The van der Waals surface area contributed by atoms with Gasteiger partial charge in [-0.15, -0.1) is 0 Å². The van der Waals surface area contributed by atoms with E-state index in [1.54, 1.807) is 7.05 Å². The van der Waals surface area contributed by atoms with Crippen LogP contribution in [-0.2, 0) is 16.1 Å². The molecule has 0 bridgehead atoms. The number of halogens is 2. The van der Waals surface area contributed by atoms with Crippen molar-refractivity contribution in [3.63, 3.8) is 0 Å². The first kappa shape index (κ1) is 16.6. The molecule has 0 fully saturated rings. The highest BCUT2D eigenvalue weighted by Crippen LogP contribution is 2.15. The molecule has 120 valence electrons. The van der Waals surface area contributed by atoms with Crippen molar-refractivity contribution >= 4 is 17.5 Å². The smallest absolute Gasteiger partial charge is 0.233 e. The molecule has 4 nitrogen and oxygen atoms in total. The van der Waals surface area contributed by atoms with Crippen LogP contribution in [0, 0.1) is 11.6 Å². The summed E-state index contributed by atoms with van der Waals surface area (Å²) in [6, 6.07) is 12.1. The van der Waals surface area contributed by atoms with Gasteiger partial charge in [0.2, 0.25) is 11.8 Å². The van der Waals surface area contributed by atoms with Gasteiger partial charge in [-0.25, -0.2) is 8.78 Å². The Kier molecular flexibility index (Phi) is 5.41. The summed E-state index contributed by atoms with van der Waals surface area (Å²) in [7, 11) is 1.58. The number of hydrogen-bond donors (Lipinski definition) is 1. The normalized spacial score (nSPS) is 10.2. The number of anilines is 1. The molecule has 0 heterocycles. The van der Waals surface area contributed by atoms with Crippen molar-refractivity contribution < 1.29 is 18.4 Å². The van der Waals surface area contributed by atoms with Crippen molar-refractivity contribution in [3.8, 4) is 0 Å². The van der Waals surface area contributed by atoms with Crippen LogP contribution in [0.1, 0.15) is 12.0 Å². The largest absolute Gasteiger partial charge is 0.341 e. The van der Waals surface area contributed by atoms with Crippen molar-refractivity contribution in [2.75, 3.05) is 12.4 Å². The average Bonchev–Trinajstić information content (AvgIpc) is 2.51. The molecule has 0 saturated carbocycles. The molecule has 2 amide bonds. The van der Waals surface area contributed by atoms with Gasteiger partial charge in [0.1, 0.15) is 18.1 Å². The summed E-state index contributed by atoms with van der Waals surface area (Å²) < 4.78 is 26.2. The van der Waals surface area contributed by atoms with Gasteiger partial charge in [-0.1, -0.05) is 30.3 Å². The first-order valence-electron chi connectivity index (χ1n) is 6.98. The zero-order valence-electron chi connectivity index (χ0n) is 12.6. The Hall–Kier alpha value is -2.76. The summed E-state index contributed by atoms with van der Waals surface area (Å²) in [4.78, 5) is 25.2. The maximum atomic E-state index is 13.4. The lowest BCUT2D eigenvalue weighted by molar-refractivity contribution is -0.134. The van der Waals surface area contributed by atoms with E-state index in [-0.39, 0.29) is 5.69 Å². The molecule has 2 aromatic rings. The number of nitrogens with zero attached hydrogens (tertiary/aromatic N) is 1. The number of benzene rings is 2. The van der Waals surface area contributed by atoms with Gasteiger partial charge in [0.15, 0.2) is 0 Å². The maximum Gasteiger partial charge on any atom is 0.233 e. The molecule has 2 rings (SSSR count). The second kappa shape index (κ2) is 7.49. The molecule has 0 unspecified atom stereocenters. The summed E-state index contributed by atoms with van der Waals surface area (Å²) in [5, 5.41) is 2.26. The van der Waals surface area contributed by atoms with Crippen LogP contribution in [0.3, 0.4) is 0 Å². The molecule has 6 heteroatoms. The van der Waals surface area contributed by atoms with Crippen molar-refractivity contribution in [2.24, 2.45) is 0 Å². The summed E-state index contributed by atoms with van der Waals surface area (Å²) in [6.45, 7) is 0.373. The second-order valence-electron chi connectivity index (χ2n) is 5.08. The maximum absolute atomic E-state index is 13.4. The van der Waals surface area contributed by atoms with E-state index in [0.717, 1.165) is 17.7 Å². The summed E-state index contributed by atoms with van der Waals surface area (Å²) in [5.41, 5.74) is 0.781. The highest BCUT2D eigenvalue weighted by Gasteiger charge is 2.15. The van der Waals surface area contributed by atoms with Crippen molar-refractivity contribution in [1.82, 2.24) is 4.90 Å². The Balaban J connectivity index is 1.90. The minimum Gasteiger partial charge on any atom is -0.341 e. The van der Waals surface area contributed by atoms with E-state index in [2.05, 4.69) is 5.32 Å². The van der Waals surface area contributed by atoms with E-state index in [4.69, 9.17) is 0 Å². The Morgan fingerprint density at radius 2 is 1.78 bits per heavy atom. The topological polar surface area (TPSA) is 49.4 Å². The van der Waals surface area contributed by atoms with E-state index in [9.17, 15) is 18.4 Å². The monoisotopic (exact) mass is 318 g/mol. The summed E-state index contributed by atoms with van der Waals surface area (Å²) in [6.07, 6.45) is -0.417. The Morgan fingerprint density at radius 3 is 2.43 bits per heavy atom. The lowest BCUT2D eigenvalue weighted by atomic mass is 10.2. The number of nitrogens with one attached hydrogen (secondary N) is 1. The fourth-order valence-corrected chi connectivity index (χ4v) is 2.00. The SMILES string of the molecule is CN(Cc1ccccc1)C(=O)CC(=O)Nc1ccc(F)cc1F. The molecule has 0 atom stereocenters. The molecule has 0 spiro atoms. The van der Waals surface area contributed by atoms with Crippen LogP contribution in [0.5, 0.6) is 0 Å². The van der Waals surface area contributed by atoms with E-state index >= 15 is 0 Å². The molecule has 0 aliphatic heterocycles. The number of carbonyl (C=O) groups is 2. The molecule has 0 aromatic heterocycles. The molecule has 2 aromatic carbocycles. The highest BCUT2D eigenvalue weighted by atomic mass is 19.1. The minimum absolute atomic E-state index is 0.157. The van der Waals surface area contributed by atoms with E-state index < -0.39 is 29.9 Å². The number of rotatable bonds is 5. The van der Waals surface area contributed by atoms with E-state index in [0.29, 0.717) is 12.6 Å². The van der Waals surface area contributed by atoms with Gasteiger partial charge in [0, 0.05) is 19.7 Å². The van der Waals surface area contributed by atoms with Crippen LogP contribution in [0.4, 0.5) is 14.5 Å². The van der Waals surface area contributed by atoms with Gasteiger partial charge in [-0.2, -0.15) is 0 Å². The molecule has 0 saturated heterocycles. The Labute approximate surface area is 132 Å². The summed E-state index contributed by atoms with van der Waals surface area (Å²) in [5.74, 6) is -2.67. The lowest BCUT2D eigenvalue weighted by Gasteiger charge is -2.17. The number of hydrogen-bond acceptors (Lipinski definition) is 2. The predicted molar refractivity (Wildman–Crippen MR) is 82.5 cm³/mol. The van der Waals surface area contributed by atoms with Crippen molar-refractivity contribution in [3.05, 3.63) is 65.7 Å². The average molecular weight is 318 g/mol. The quantitative estimate of drug-likeness (QED) is 0.862. The first-order chi connectivity index (χ1) is 11.0. The first-order valence-corrected chi connectivity index (χ1v) is 6.98. The third-order valence-electron chi connectivity index (χ3n) is 3.21. The molecular formula is C17H16F2N2O2. The zero-order chi connectivity index (χ0) is 16.8. The van der Waals surface area contributed by atoms with E-state index in [1.807, 2.05) is 30.3 Å². The van der Waals surface area contributed by atoms with Gasteiger partial charge in [0.25, 0.3) is 0 Å². The molecular weight excluding hydrogens is 302 g/mol. The minimum atomic E-state index is -0.886. The van der Waals surface area contributed by atoms with Gasteiger partial charge in [-0.3, -0.25) is 9.59 Å². The van der Waals surface area contributed by atoms with Gasteiger partial charge < -0.3 is 10.2 Å². The van der Waals surface area contributed by atoms with E-state index in [1.165, 1.54) is 4.90 Å². The third kappa shape index (κ3) is 4.88. The Bertz CT molecular complexity index is 705.